The molecule has 2 aromatic carbocycles. The zero-order valence-corrected chi connectivity index (χ0v) is 24.5. The molecule has 2 aliphatic carbocycles. The molecule has 41 heavy (non-hydrogen) atoms. The first-order chi connectivity index (χ1) is 19.5. The molecule has 2 aromatic rings. The summed E-state index contributed by atoms with van der Waals surface area (Å²) in [6.45, 7) is 6.70. The molecule has 0 heterocycles. The molecule has 6 nitrogen and oxygen atoms in total. The van der Waals surface area contributed by atoms with Gasteiger partial charge in [-0.2, -0.15) is 0 Å². The molecule has 216 valence electrons. The maximum absolute atomic E-state index is 16.5. The van der Waals surface area contributed by atoms with Gasteiger partial charge < -0.3 is 0 Å². The quantitative estimate of drug-likeness (QED) is 0.285. The summed E-state index contributed by atoms with van der Waals surface area (Å²) >= 11 is -5.20. The molecule has 0 atom stereocenters. The zero-order chi connectivity index (χ0) is 29.9. The average Bonchev–Trinajstić information content (AvgIpc) is 3.61. The number of benzene rings is 2. The Morgan fingerprint density at radius 2 is 1.10 bits per heavy atom. The van der Waals surface area contributed by atoms with E-state index in [2.05, 4.69) is 10.6 Å². The number of allylic oxidation sites excluding steroid dienone is 8. The van der Waals surface area contributed by atoms with Gasteiger partial charge in [0.15, 0.2) is 0 Å². The van der Waals surface area contributed by atoms with Crippen molar-refractivity contribution in [3.63, 3.8) is 0 Å². The number of carbonyl (C=O) groups is 2. The first kappa shape index (κ1) is 30.3. The van der Waals surface area contributed by atoms with E-state index in [0.717, 1.165) is 24.3 Å². The number of amides is 2. The van der Waals surface area contributed by atoms with Gasteiger partial charge in [0.05, 0.1) is 0 Å². The van der Waals surface area contributed by atoms with Crippen molar-refractivity contribution in [2.75, 3.05) is 0 Å². The number of halogens is 4. The molecule has 0 unspecified atom stereocenters. The summed E-state index contributed by atoms with van der Waals surface area (Å²) in [7, 11) is 0. The first-order valence-electron chi connectivity index (χ1n) is 13.1. The molecule has 0 fully saturated rings. The van der Waals surface area contributed by atoms with Gasteiger partial charge in [0.25, 0.3) is 0 Å². The van der Waals surface area contributed by atoms with Crippen LogP contribution in [0.25, 0.3) is 0 Å². The Bertz CT molecular complexity index is 1390. The molecule has 11 heteroatoms. The summed E-state index contributed by atoms with van der Waals surface area (Å²) in [6.07, 6.45) is 8.47. The monoisotopic (exact) mass is 606 g/mol. The summed E-state index contributed by atoms with van der Waals surface area (Å²) in [6, 6.07) is 3.12. The van der Waals surface area contributed by atoms with Crippen LogP contribution in [0.5, 0.6) is 11.5 Å². The Hall–Kier alpha value is -3.63. The van der Waals surface area contributed by atoms with E-state index in [4.69, 9.17) is 9.47 Å². The number of ether oxygens (including phenoxy) is 2. The van der Waals surface area contributed by atoms with Crippen molar-refractivity contribution in [1.82, 2.24) is 10.6 Å². The van der Waals surface area contributed by atoms with E-state index in [1.807, 2.05) is 0 Å². The predicted molar refractivity (Wildman–Crippen MR) is 144 cm³/mol. The molecule has 0 spiro atoms. The second-order valence-electron chi connectivity index (χ2n) is 10.2. The van der Waals surface area contributed by atoms with E-state index < -0.39 is 71.3 Å². The third-order valence-electron chi connectivity index (χ3n) is 6.59. The van der Waals surface area contributed by atoms with Crippen LogP contribution < -0.4 is 27.8 Å². The first-order valence-corrected chi connectivity index (χ1v) is 16.2. The van der Waals surface area contributed by atoms with Crippen LogP contribution in [-0.2, 0) is 16.6 Å². The van der Waals surface area contributed by atoms with Crippen molar-refractivity contribution in [3.05, 3.63) is 91.7 Å². The number of hydrogen-bond donors (Lipinski definition) is 2. The zero-order valence-electron chi connectivity index (χ0n) is 23.0. The van der Waals surface area contributed by atoms with Gasteiger partial charge in [-0.15, -0.1) is 0 Å². The fourth-order valence-corrected chi connectivity index (χ4v) is 13.3. The summed E-state index contributed by atoms with van der Waals surface area (Å²) in [5.74, 6) is -5.71. The van der Waals surface area contributed by atoms with E-state index in [0.29, 0.717) is 7.76 Å². The minimum atomic E-state index is -5.20. The number of hydrogen-bond acceptors (Lipinski definition) is 4. The Morgan fingerprint density at radius 3 is 1.41 bits per heavy atom. The summed E-state index contributed by atoms with van der Waals surface area (Å²) in [5, 5.41) is 4.93. The summed E-state index contributed by atoms with van der Waals surface area (Å²) in [5.41, 5.74) is 0. The molecular formula is C30H30F4N2O4Ti. The van der Waals surface area contributed by atoms with E-state index >= 15 is 17.6 Å². The molecule has 0 radical (unpaired) electrons. The molecule has 2 N–H and O–H groups in total. The van der Waals surface area contributed by atoms with E-state index in [9.17, 15) is 9.59 Å². The van der Waals surface area contributed by atoms with Crippen LogP contribution in [0.4, 0.5) is 27.2 Å². The summed E-state index contributed by atoms with van der Waals surface area (Å²) in [4.78, 5) is 24.7. The van der Waals surface area contributed by atoms with Gasteiger partial charge in [0, 0.05) is 0 Å². The van der Waals surface area contributed by atoms with Gasteiger partial charge in [0.2, 0.25) is 0 Å². The van der Waals surface area contributed by atoms with Crippen LogP contribution in [0, 0.1) is 23.3 Å². The molecule has 2 aliphatic rings. The fourth-order valence-electron chi connectivity index (χ4n) is 5.07. The maximum atomic E-state index is 16.5. The van der Waals surface area contributed by atoms with Crippen molar-refractivity contribution in [2.24, 2.45) is 0 Å². The van der Waals surface area contributed by atoms with Gasteiger partial charge in [-0.25, -0.2) is 0 Å². The van der Waals surface area contributed by atoms with Gasteiger partial charge in [-0.1, -0.05) is 0 Å². The van der Waals surface area contributed by atoms with Crippen molar-refractivity contribution in [3.8, 4) is 11.5 Å². The third-order valence-corrected chi connectivity index (χ3v) is 14.5. The van der Waals surface area contributed by atoms with Crippen LogP contribution >= 0.6 is 0 Å². The second-order valence-corrected chi connectivity index (χ2v) is 16.2. The van der Waals surface area contributed by atoms with Crippen LogP contribution in [0.2, 0.25) is 0 Å². The number of nitrogens with one attached hydrogen (secondary N) is 2. The Labute approximate surface area is 239 Å². The fraction of sp³-hybridized carbons (Fsp3) is 0.267. The molecule has 4 rings (SSSR count). The van der Waals surface area contributed by atoms with Crippen molar-refractivity contribution >= 4 is 19.9 Å². The van der Waals surface area contributed by atoms with Crippen molar-refractivity contribution in [1.29, 1.82) is 0 Å². The van der Waals surface area contributed by atoms with Crippen LogP contribution in [0.3, 0.4) is 0 Å². The molecule has 0 saturated heterocycles. The topological polar surface area (TPSA) is 76.7 Å². The third kappa shape index (κ3) is 6.04. The number of rotatable bonds is 8. The minimum absolute atomic E-state index is 0.187. The molecule has 2 amide bonds. The normalized spacial score (nSPS) is 14.4. The van der Waals surface area contributed by atoms with Crippen molar-refractivity contribution in [2.45, 2.75) is 52.6 Å². The molecular weight excluding hydrogens is 576 g/mol. The van der Waals surface area contributed by atoms with Crippen molar-refractivity contribution < 1.29 is 53.2 Å². The van der Waals surface area contributed by atoms with Crippen LogP contribution in [0.15, 0.2) is 68.5 Å². The van der Waals surface area contributed by atoms with Gasteiger partial charge >= 0.3 is 240 Å². The van der Waals surface area contributed by atoms with Crippen LogP contribution in [0.1, 0.15) is 40.5 Å². The molecule has 0 aliphatic heterocycles. The van der Waals surface area contributed by atoms with Gasteiger partial charge in [-0.05, 0) is 0 Å². The number of carbonyl (C=O) groups excluding carboxylic acids is 2. The van der Waals surface area contributed by atoms with E-state index in [-0.39, 0.29) is 24.9 Å². The predicted octanol–water partition coefficient (Wildman–Crippen LogP) is 6.03. The Morgan fingerprint density at radius 1 is 0.707 bits per heavy atom. The van der Waals surface area contributed by atoms with E-state index in [1.54, 1.807) is 64.2 Å². The Kier molecular flexibility index (Phi) is 9.24. The van der Waals surface area contributed by atoms with E-state index in [1.165, 1.54) is 0 Å². The van der Waals surface area contributed by atoms with Gasteiger partial charge in [-0.3, -0.25) is 0 Å². The van der Waals surface area contributed by atoms with Gasteiger partial charge in [0.1, 0.15) is 0 Å². The molecule has 0 aromatic heterocycles. The second kappa shape index (κ2) is 12.5. The Balaban J connectivity index is 2.03. The van der Waals surface area contributed by atoms with Crippen LogP contribution in [-0.4, -0.2) is 24.3 Å². The SMILES string of the molecule is CC(C)NC(=O)Oc1ccc(F)[c]([Ti]([C]2=CC=CC2)([C]2=CC=CC2)[c]2c(F)ccc(OC(=O)NC(C)C)c2F)c1F. The average molecular weight is 606 g/mol. The summed E-state index contributed by atoms with van der Waals surface area (Å²) < 4.78 is 75.2. The molecule has 0 saturated carbocycles. The molecule has 0 bridgehead atoms. The standard InChI is InChI=1S/2C10H10F2NO2.2C5H5.Ti/c2*1-6(2)13-10(14)15-9-4-3-7(11)5-8(9)12;2*1-2-4-5-3-1;/h2*3-4,6H,1-2H3,(H,13,14);2*1-3H,4H2;.